The Hall–Kier alpha value is -0.610. The topological polar surface area (TPSA) is 55.6 Å². The number of amides is 1. The van der Waals surface area contributed by atoms with E-state index in [1.165, 1.54) is 0 Å². The predicted molar refractivity (Wildman–Crippen MR) is 57.3 cm³/mol. The van der Waals surface area contributed by atoms with Gasteiger partial charge in [-0.3, -0.25) is 4.79 Å². The van der Waals surface area contributed by atoms with Crippen LogP contribution >= 0.6 is 0 Å². The van der Waals surface area contributed by atoms with Crippen molar-refractivity contribution in [1.82, 2.24) is 4.90 Å². The van der Waals surface area contributed by atoms with E-state index in [1.807, 2.05) is 11.8 Å². The zero-order chi connectivity index (χ0) is 10.8. The Kier molecular flexibility index (Phi) is 3.26. The van der Waals surface area contributed by atoms with Gasteiger partial charge in [-0.2, -0.15) is 0 Å². The van der Waals surface area contributed by atoms with Gasteiger partial charge in [-0.25, -0.2) is 0 Å². The van der Waals surface area contributed by atoms with E-state index >= 15 is 0 Å². The van der Waals surface area contributed by atoms with Crippen LogP contribution in [0.2, 0.25) is 0 Å². The molecule has 2 rings (SSSR count). The molecule has 2 N–H and O–H groups in total. The highest BCUT2D eigenvalue weighted by Crippen LogP contribution is 2.24. The molecule has 0 aromatic carbocycles. The molecule has 0 spiro atoms. The highest BCUT2D eigenvalue weighted by molar-refractivity contribution is 5.79. The molecule has 15 heavy (non-hydrogen) atoms. The first-order valence-electron chi connectivity index (χ1n) is 5.84. The van der Waals surface area contributed by atoms with E-state index in [0.29, 0.717) is 0 Å². The molecule has 3 unspecified atom stereocenters. The van der Waals surface area contributed by atoms with Crippen LogP contribution in [0, 0.1) is 5.92 Å². The monoisotopic (exact) mass is 212 g/mol. The molecule has 0 radical (unpaired) electrons. The van der Waals surface area contributed by atoms with E-state index in [4.69, 9.17) is 10.5 Å². The van der Waals surface area contributed by atoms with Crippen molar-refractivity contribution in [1.29, 1.82) is 0 Å². The molecule has 0 aromatic rings. The van der Waals surface area contributed by atoms with Gasteiger partial charge in [0.2, 0.25) is 5.91 Å². The molecular weight excluding hydrogens is 192 g/mol. The zero-order valence-electron chi connectivity index (χ0n) is 9.32. The van der Waals surface area contributed by atoms with Crippen molar-refractivity contribution in [3.05, 3.63) is 0 Å². The summed E-state index contributed by atoms with van der Waals surface area (Å²) in [5, 5.41) is 0. The maximum absolute atomic E-state index is 12.1. The Morgan fingerprint density at radius 2 is 2.27 bits per heavy atom. The third-order valence-corrected chi connectivity index (χ3v) is 3.46. The summed E-state index contributed by atoms with van der Waals surface area (Å²) in [5.41, 5.74) is 5.87. The lowest BCUT2D eigenvalue weighted by Gasteiger charge is -2.33. The lowest BCUT2D eigenvalue weighted by atomic mass is 9.98. The molecule has 0 aliphatic carbocycles. The van der Waals surface area contributed by atoms with E-state index in [9.17, 15) is 4.79 Å². The number of nitrogens with two attached hydrogens (primary N) is 1. The van der Waals surface area contributed by atoms with E-state index in [2.05, 4.69) is 0 Å². The minimum Gasteiger partial charge on any atom is -0.378 e. The lowest BCUT2D eigenvalue weighted by Crippen LogP contribution is -2.48. The van der Waals surface area contributed by atoms with Crippen molar-refractivity contribution in [3.63, 3.8) is 0 Å². The van der Waals surface area contributed by atoms with Gasteiger partial charge in [-0.1, -0.05) is 0 Å². The van der Waals surface area contributed by atoms with Crippen LogP contribution in [0.4, 0.5) is 0 Å². The van der Waals surface area contributed by atoms with Crippen molar-refractivity contribution in [2.75, 3.05) is 19.7 Å². The Morgan fingerprint density at radius 3 is 2.87 bits per heavy atom. The van der Waals surface area contributed by atoms with Gasteiger partial charge >= 0.3 is 0 Å². The van der Waals surface area contributed by atoms with Crippen LogP contribution in [0.5, 0.6) is 0 Å². The largest absolute Gasteiger partial charge is 0.378 e. The number of likely N-dealkylation sites (tertiary alicyclic amines) is 1. The molecule has 2 aliphatic heterocycles. The molecular formula is C11H20N2O2. The second-order valence-electron chi connectivity index (χ2n) is 4.66. The number of piperidine rings is 1. The van der Waals surface area contributed by atoms with Crippen molar-refractivity contribution in [2.24, 2.45) is 11.7 Å². The standard InChI is InChI=1S/C11H20N2O2/c1-8-10(4-6-15-8)11(14)13-5-2-3-9(12)7-13/h8-10H,2-7,12H2,1H3. The Morgan fingerprint density at radius 1 is 1.47 bits per heavy atom. The maximum atomic E-state index is 12.1. The molecule has 2 aliphatic rings. The van der Waals surface area contributed by atoms with Crippen molar-refractivity contribution in [3.8, 4) is 0 Å². The van der Waals surface area contributed by atoms with Gasteiger partial charge in [-0.05, 0) is 26.2 Å². The third-order valence-electron chi connectivity index (χ3n) is 3.46. The molecule has 86 valence electrons. The smallest absolute Gasteiger partial charge is 0.228 e. The summed E-state index contributed by atoms with van der Waals surface area (Å²) < 4.78 is 5.43. The van der Waals surface area contributed by atoms with Gasteiger partial charge in [0.05, 0.1) is 12.0 Å². The molecule has 2 fully saturated rings. The molecule has 0 bridgehead atoms. The van der Waals surface area contributed by atoms with Gasteiger partial charge in [-0.15, -0.1) is 0 Å². The van der Waals surface area contributed by atoms with Gasteiger partial charge in [0, 0.05) is 25.7 Å². The summed E-state index contributed by atoms with van der Waals surface area (Å²) in [6, 6.07) is 0.167. The Bertz CT molecular complexity index is 245. The zero-order valence-corrected chi connectivity index (χ0v) is 9.32. The second kappa shape index (κ2) is 4.49. The summed E-state index contributed by atoms with van der Waals surface area (Å²) in [4.78, 5) is 14.1. The number of carbonyl (C=O) groups is 1. The SMILES string of the molecule is CC1OCCC1C(=O)N1CCCC(N)C1. The normalized spacial score (nSPS) is 36.9. The molecule has 2 saturated heterocycles. The highest BCUT2D eigenvalue weighted by atomic mass is 16.5. The number of ether oxygens (including phenoxy) is 1. The van der Waals surface area contributed by atoms with Gasteiger partial charge < -0.3 is 15.4 Å². The molecule has 2 heterocycles. The first-order chi connectivity index (χ1) is 7.18. The molecule has 1 amide bonds. The van der Waals surface area contributed by atoms with Crippen molar-refractivity contribution >= 4 is 5.91 Å². The Balaban J connectivity index is 1.94. The summed E-state index contributed by atoms with van der Waals surface area (Å²) in [6.45, 7) is 4.30. The number of nitrogens with zero attached hydrogens (tertiary/aromatic N) is 1. The minimum absolute atomic E-state index is 0.0651. The van der Waals surface area contributed by atoms with Crippen LogP contribution in [0.15, 0.2) is 0 Å². The highest BCUT2D eigenvalue weighted by Gasteiger charge is 2.34. The van der Waals surface area contributed by atoms with Gasteiger partial charge in [0.25, 0.3) is 0 Å². The van der Waals surface area contributed by atoms with E-state index in [0.717, 1.165) is 39.0 Å². The summed E-state index contributed by atoms with van der Waals surface area (Å²) in [6.07, 6.45) is 3.02. The number of hydrogen-bond acceptors (Lipinski definition) is 3. The van der Waals surface area contributed by atoms with Crippen molar-refractivity contribution < 1.29 is 9.53 Å². The first-order valence-corrected chi connectivity index (χ1v) is 5.84. The third kappa shape index (κ3) is 2.32. The maximum Gasteiger partial charge on any atom is 0.228 e. The average molecular weight is 212 g/mol. The van der Waals surface area contributed by atoms with E-state index < -0.39 is 0 Å². The van der Waals surface area contributed by atoms with E-state index in [1.54, 1.807) is 0 Å². The Labute approximate surface area is 90.8 Å². The molecule has 4 heteroatoms. The predicted octanol–water partition coefficient (Wildman–Crippen LogP) is 0.361. The number of hydrogen-bond donors (Lipinski definition) is 1. The van der Waals surface area contributed by atoms with Crippen LogP contribution < -0.4 is 5.73 Å². The summed E-state index contributed by atoms with van der Waals surface area (Å²) >= 11 is 0. The van der Waals surface area contributed by atoms with Crippen LogP contribution in [0.3, 0.4) is 0 Å². The van der Waals surface area contributed by atoms with Crippen LogP contribution in [-0.4, -0.2) is 42.6 Å². The second-order valence-corrected chi connectivity index (χ2v) is 4.66. The summed E-state index contributed by atoms with van der Waals surface area (Å²) in [7, 11) is 0. The molecule has 0 saturated carbocycles. The average Bonchev–Trinajstić information content (AvgIpc) is 2.63. The lowest BCUT2D eigenvalue weighted by molar-refractivity contribution is -0.138. The van der Waals surface area contributed by atoms with Crippen molar-refractivity contribution in [2.45, 2.75) is 38.3 Å². The molecule has 0 aromatic heterocycles. The first kappa shape index (κ1) is 10.9. The minimum atomic E-state index is 0.0651. The molecule has 4 nitrogen and oxygen atoms in total. The van der Waals surface area contributed by atoms with E-state index in [-0.39, 0.29) is 24.0 Å². The van der Waals surface area contributed by atoms with Crippen LogP contribution in [-0.2, 0) is 9.53 Å². The summed E-state index contributed by atoms with van der Waals surface area (Å²) in [5.74, 6) is 0.311. The number of carbonyl (C=O) groups excluding carboxylic acids is 1. The number of rotatable bonds is 1. The van der Waals surface area contributed by atoms with Crippen LogP contribution in [0.25, 0.3) is 0 Å². The van der Waals surface area contributed by atoms with Crippen LogP contribution in [0.1, 0.15) is 26.2 Å². The fraction of sp³-hybridized carbons (Fsp3) is 0.909. The molecule has 3 atom stereocenters. The van der Waals surface area contributed by atoms with Gasteiger partial charge in [0.15, 0.2) is 0 Å². The quantitative estimate of drug-likeness (QED) is 0.683. The van der Waals surface area contributed by atoms with Gasteiger partial charge in [0.1, 0.15) is 0 Å². The fourth-order valence-electron chi connectivity index (χ4n) is 2.50. The fourth-order valence-corrected chi connectivity index (χ4v) is 2.50.